The molecule has 0 bridgehead atoms. The first-order valence-electron chi connectivity index (χ1n) is 6.08. The predicted molar refractivity (Wildman–Crippen MR) is 68.2 cm³/mol. The Morgan fingerprint density at radius 1 is 1.44 bits per heavy atom. The monoisotopic (exact) mass is 260 g/mol. The highest BCUT2D eigenvalue weighted by Crippen LogP contribution is 2.26. The second-order valence-corrected chi connectivity index (χ2v) is 5.39. The average Bonchev–Trinajstić information content (AvgIpc) is 2.97. The standard InChI is InChI=1S/C8H15NO4.C4H9N/c1-5(6(10)11)9-7(12)13-8(2,3)4;5-3-4-1-2-4/h5H,1-4H3,(H,9,12)(H,10,11);4H,1-3,5H2. The fourth-order valence-corrected chi connectivity index (χ4v) is 0.900. The maximum Gasteiger partial charge on any atom is 0.408 e. The van der Waals surface area contributed by atoms with Crippen LogP contribution in [0.1, 0.15) is 40.5 Å². The zero-order valence-corrected chi connectivity index (χ0v) is 11.5. The second kappa shape index (κ2) is 7.20. The van der Waals surface area contributed by atoms with Crippen LogP contribution in [0.5, 0.6) is 0 Å². The van der Waals surface area contributed by atoms with Crippen LogP contribution in [0.2, 0.25) is 0 Å². The van der Waals surface area contributed by atoms with E-state index in [0.717, 1.165) is 12.5 Å². The zero-order chi connectivity index (χ0) is 14.3. The van der Waals surface area contributed by atoms with Crippen molar-refractivity contribution in [1.82, 2.24) is 5.32 Å². The zero-order valence-electron chi connectivity index (χ0n) is 11.5. The van der Waals surface area contributed by atoms with E-state index < -0.39 is 23.7 Å². The molecule has 18 heavy (non-hydrogen) atoms. The summed E-state index contributed by atoms with van der Waals surface area (Å²) in [5, 5.41) is 10.6. The van der Waals surface area contributed by atoms with Gasteiger partial charge in [-0.15, -0.1) is 0 Å². The van der Waals surface area contributed by atoms with Gasteiger partial charge < -0.3 is 20.9 Å². The van der Waals surface area contributed by atoms with E-state index in [0.29, 0.717) is 0 Å². The highest BCUT2D eigenvalue weighted by atomic mass is 16.6. The highest BCUT2D eigenvalue weighted by Gasteiger charge is 2.20. The summed E-state index contributed by atoms with van der Waals surface area (Å²) < 4.78 is 4.85. The van der Waals surface area contributed by atoms with E-state index in [-0.39, 0.29) is 0 Å². The Hall–Kier alpha value is -1.30. The molecule has 1 rings (SSSR count). The predicted octanol–water partition coefficient (Wildman–Crippen LogP) is 1.34. The summed E-state index contributed by atoms with van der Waals surface area (Å²) in [4.78, 5) is 21.3. The quantitative estimate of drug-likeness (QED) is 0.710. The minimum absolute atomic E-state index is 0.609. The molecular weight excluding hydrogens is 236 g/mol. The number of carboxylic acid groups (broad SMARTS) is 1. The molecule has 0 saturated heterocycles. The van der Waals surface area contributed by atoms with Gasteiger partial charge in [0.05, 0.1) is 0 Å². The lowest BCUT2D eigenvalue weighted by Gasteiger charge is -2.20. The Morgan fingerprint density at radius 2 is 1.94 bits per heavy atom. The topological polar surface area (TPSA) is 102 Å². The van der Waals surface area contributed by atoms with Gasteiger partial charge in [0.1, 0.15) is 11.6 Å². The van der Waals surface area contributed by atoms with Gasteiger partial charge in [0.15, 0.2) is 0 Å². The third-order valence-corrected chi connectivity index (χ3v) is 2.13. The van der Waals surface area contributed by atoms with Crippen molar-refractivity contribution < 1.29 is 19.4 Å². The molecule has 0 radical (unpaired) electrons. The molecule has 6 heteroatoms. The molecular formula is C12H24N2O4. The molecule has 1 saturated carbocycles. The number of ether oxygens (including phenoxy) is 1. The molecule has 0 aromatic rings. The van der Waals surface area contributed by atoms with Crippen LogP contribution in [0.15, 0.2) is 0 Å². The van der Waals surface area contributed by atoms with Crippen LogP contribution in [0.3, 0.4) is 0 Å². The number of carboxylic acids is 1. The van der Waals surface area contributed by atoms with Gasteiger partial charge in [0, 0.05) is 0 Å². The molecule has 0 heterocycles. The SMILES string of the molecule is CC(NC(=O)OC(C)(C)C)C(=O)O.NCC1CC1. The molecule has 1 unspecified atom stereocenters. The number of hydrogen-bond donors (Lipinski definition) is 3. The van der Waals surface area contributed by atoms with E-state index in [1.165, 1.54) is 19.8 Å². The van der Waals surface area contributed by atoms with Gasteiger partial charge in [-0.1, -0.05) is 0 Å². The van der Waals surface area contributed by atoms with E-state index in [9.17, 15) is 9.59 Å². The number of hydrogen-bond acceptors (Lipinski definition) is 4. The van der Waals surface area contributed by atoms with Crippen molar-refractivity contribution in [2.24, 2.45) is 11.7 Å². The number of alkyl carbamates (subject to hydrolysis) is 1. The minimum Gasteiger partial charge on any atom is -0.480 e. The van der Waals surface area contributed by atoms with E-state index >= 15 is 0 Å². The Bertz CT molecular complexity index is 282. The van der Waals surface area contributed by atoms with Crippen LogP contribution in [0, 0.1) is 5.92 Å². The van der Waals surface area contributed by atoms with Crippen molar-refractivity contribution in [2.45, 2.75) is 52.2 Å². The van der Waals surface area contributed by atoms with Gasteiger partial charge in [0.2, 0.25) is 0 Å². The van der Waals surface area contributed by atoms with Crippen LogP contribution >= 0.6 is 0 Å². The van der Waals surface area contributed by atoms with E-state index in [2.05, 4.69) is 5.32 Å². The Balaban J connectivity index is 0.000000473. The molecule has 4 N–H and O–H groups in total. The van der Waals surface area contributed by atoms with E-state index in [1.807, 2.05) is 0 Å². The molecule has 1 atom stereocenters. The summed E-state index contributed by atoms with van der Waals surface area (Å²) in [6, 6.07) is -0.935. The molecule has 106 valence electrons. The second-order valence-electron chi connectivity index (χ2n) is 5.39. The number of aliphatic carboxylic acids is 1. The lowest BCUT2D eigenvalue weighted by molar-refractivity contribution is -0.139. The molecule has 0 aromatic heterocycles. The van der Waals surface area contributed by atoms with Crippen LogP contribution in [0.25, 0.3) is 0 Å². The number of nitrogens with one attached hydrogen (secondary N) is 1. The Labute approximate surface area is 108 Å². The molecule has 0 aromatic carbocycles. The van der Waals surface area contributed by atoms with Gasteiger partial charge in [-0.3, -0.25) is 4.79 Å². The normalized spacial score (nSPS) is 16.1. The summed E-state index contributed by atoms with van der Waals surface area (Å²) >= 11 is 0. The van der Waals surface area contributed by atoms with Gasteiger partial charge in [-0.2, -0.15) is 0 Å². The van der Waals surface area contributed by atoms with Crippen LogP contribution < -0.4 is 11.1 Å². The van der Waals surface area contributed by atoms with E-state index in [1.54, 1.807) is 20.8 Å². The number of nitrogens with two attached hydrogens (primary N) is 1. The fourth-order valence-electron chi connectivity index (χ4n) is 0.900. The highest BCUT2D eigenvalue weighted by molar-refractivity contribution is 5.79. The number of carbonyl (C=O) groups is 2. The van der Waals surface area contributed by atoms with Crippen LogP contribution in [0.4, 0.5) is 4.79 Å². The molecule has 1 amide bonds. The first-order chi connectivity index (χ1) is 8.15. The molecule has 1 aliphatic rings. The smallest absolute Gasteiger partial charge is 0.408 e. The number of carbonyl (C=O) groups excluding carboxylic acids is 1. The Kier molecular flexibility index (Phi) is 6.68. The minimum atomic E-state index is -1.09. The largest absolute Gasteiger partial charge is 0.480 e. The number of amides is 1. The summed E-state index contributed by atoms with van der Waals surface area (Å²) in [5.41, 5.74) is 4.62. The van der Waals surface area contributed by atoms with Gasteiger partial charge in [0.25, 0.3) is 0 Å². The average molecular weight is 260 g/mol. The maximum absolute atomic E-state index is 11.0. The van der Waals surface area contributed by atoms with Crippen LogP contribution in [-0.4, -0.2) is 35.4 Å². The van der Waals surface area contributed by atoms with Crippen molar-refractivity contribution in [3.05, 3.63) is 0 Å². The third kappa shape index (κ3) is 9.89. The van der Waals surface area contributed by atoms with Gasteiger partial charge >= 0.3 is 12.1 Å². The summed E-state index contributed by atoms with van der Waals surface area (Å²) in [7, 11) is 0. The van der Waals surface area contributed by atoms with Crippen LogP contribution in [-0.2, 0) is 9.53 Å². The molecule has 1 fully saturated rings. The molecule has 1 aliphatic carbocycles. The number of rotatable bonds is 3. The first kappa shape index (κ1) is 16.7. The Morgan fingerprint density at radius 3 is 2.17 bits per heavy atom. The molecule has 0 aliphatic heterocycles. The molecule has 6 nitrogen and oxygen atoms in total. The summed E-state index contributed by atoms with van der Waals surface area (Å²) in [6.07, 6.45) is 2.05. The van der Waals surface area contributed by atoms with E-state index in [4.69, 9.17) is 15.6 Å². The van der Waals surface area contributed by atoms with Crippen molar-refractivity contribution >= 4 is 12.1 Å². The summed E-state index contributed by atoms with van der Waals surface area (Å²) in [5.74, 6) is -0.180. The van der Waals surface area contributed by atoms with Crippen molar-refractivity contribution in [3.8, 4) is 0 Å². The lowest BCUT2D eigenvalue weighted by Crippen LogP contribution is -2.41. The molecule has 0 spiro atoms. The van der Waals surface area contributed by atoms with Crippen molar-refractivity contribution in [3.63, 3.8) is 0 Å². The van der Waals surface area contributed by atoms with Gasteiger partial charge in [-0.25, -0.2) is 4.79 Å². The fraction of sp³-hybridized carbons (Fsp3) is 0.833. The van der Waals surface area contributed by atoms with Crippen molar-refractivity contribution in [2.75, 3.05) is 6.54 Å². The maximum atomic E-state index is 11.0. The van der Waals surface area contributed by atoms with Gasteiger partial charge in [-0.05, 0) is 53.0 Å². The van der Waals surface area contributed by atoms with Crippen molar-refractivity contribution in [1.29, 1.82) is 0 Å². The third-order valence-electron chi connectivity index (χ3n) is 2.13. The lowest BCUT2D eigenvalue weighted by atomic mass is 10.2. The summed E-state index contributed by atoms with van der Waals surface area (Å²) in [6.45, 7) is 7.40. The first-order valence-corrected chi connectivity index (χ1v) is 6.08.